The first-order valence-corrected chi connectivity index (χ1v) is 12.7. The van der Waals surface area contributed by atoms with Crippen molar-refractivity contribution in [2.75, 3.05) is 26.8 Å². The summed E-state index contributed by atoms with van der Waals surface area (Å²) in [7, 11) is 0. The summed E-state index contributed by atoms with van der Waals surface area (Å²) in [6, 6.07) is 0. The second-order valence-corrected chi connectivity index (χ2v) is 10.6. The van der Waals surface area contributed by atoms with Gasteiger partial charge in [0.15, 0.2) is 0 Å². The highest BCUT2D eigenvalue weighted by Crippen LogP contribution is 2.68. The summed E-state index contributed by atoms with van der Waals surface area (Å²) in [5.74, 6) is -22.5. The maximum absolute atomic E-state index is 15.1. The molecule has 0 aromatic carbocycles. The fraction of sp³-hybridized carbons (Fsp3) is 1.00. The van der Waals surface area contributed by atoms with Crippen molar-refractivity contribution in [3.05, 3.63) is 0 Å². The summed E-state index contributed by atoms with van der Waals surface area (Å²) in [5, 5.41) is 0. The van der Waals surface area contributed by atoms with Gasteiger partial charge in [-0.3, -0.25) is 0 Å². The molecule has 262 valence electrons. The van der Waals surface area contributed by atoms with Gasteiger partial charge in [-0.15, -0.1) is 0 Å². The van der Waals surface area contributed by atoms with Crippen molar-refractivity contribution in [1.29, 1.82) is 0 Å². The molecule has 2 fully saturated rings. The first-order chi connectivity index (χ1) is 19.5. The molecule has 0 saturated heterocycles. The Morgan fingerprint density at radius 3 is 1.09 bits per heavy atom. The molecule has 0 N–H and O–H groups in total. The van der Waals surface area contributed by atoms with Crippen molar-refractivity contribution in [3.8, 4) is 0 Å². The molecule has 21 heteroatoms. The first kappa shape index (κ1) is 38.8. The number of hydrogen-bond donors (Lipinski definition) is 0. The fourth-order valence-corrected chi connectivity index (χ4v) is 5.80. The van der Waals surface area contributed by atoms with Crippen LogP contribution in [0.4, 0.5) is 74.6 Å². The van der Waals surface area contributed by atoms with Crippen LogP contribution in [0.25, 0.3) is 0 Å². The number of halogens is 17. The molecular formula is C23H27F17O4. The standard InChI is InChI=1S/C23H27F17O4/c1-4-12-8-15(21(32,33)34,19(28,29)17(12,26)14(3,24)25)43-10-41-6-7-42-11-44-16(22(35,36)37)9-13(5-2)18(27,20(16,30)31)23(38,39)40/h12-13H,4-11H2,1-3H3. The van der Waals surface area contributed by atoms with Crippen molar-refractivity contribution in [1.82, 2.24) is 0 Å². The van der Waals surface area contributed by atoms with E-state index < -0.39 is 123 Å². The van der Waals surface area contributed by atoms with Crippen LogP contribution in [0.1, 0.15) is 46.5 Å². The van der Waals surface area contributed by atoms with E-state index in [0.717, 1.165) is 13.8 Å². The van der Waals surface area contributed by atoms with Crippen LogP contribution in [0.15, 0.2) is 0 Å². The summed E-state index contributed by atoms with van der Waals surface area (Å²) in [5.41, 5.74) is -20.5. The summed E-state index contributed by atoms with van der Waals surface area (Å²) in [4.78, 5) is 0. The zero-order valence-corrected chi connectivity index (χ0v) is 22.9. The molecule has 44 heavy (non-hydrogen) atoms. The largest absolute Gasteiger partial charge is 0.428 e. The molecule has 2 aliphatic carbocycles. The first-order valence-electron chi connectivity index (χ1n) is 12.7. The summed E-state index contributed by atoms with van der Waals surface area (Å²) in [6.45, 7) is -4.61. The minimum Gasteiger partial charge on any atom is -0.353 e. The molecule has 0 aromatic heterocycles. The quantitative estimate of drug-likeness (QED) is 0.117. The third-order valence-corrected chi connectivity index (χ3v) is 8.22. The van der Waals surface area contributed by atoms with Gasteiger partial charge < -0.3 is 18.9 Å². The monoisotopic (exact) mass is 690 g/mol. The highest BCUT2D eigenvalue weighted by molar-refractivity contribution is 5.24. The maximum atomic E-state index is 15.1. The molecule has 6 unspecified atom stereocenters. The molecule has 0 aromatic rings. The molecule has 0 amide bonds. The van der Waals surface area contributed by atoms with Gasteiger partial charge in [0.25, 0.3) is 11.6 Å². The normalized spacial score (nSPS) is 36.3. The lowest BCUT2D eigenvalue weighted by Crippen LogP contribution is -2.67. The minimum atomic E-state index is -6.46. The molecule has 2 rings (SSSR count). The van der Waals surface area contributed by atoms with Gasteiger partial charge in [-0.2, -0.15) is 57.1 Å². The number of ether oxygens (including phenoxy) is 4. The van der Waals surface area contributed by atoms with Crippen LogP contribution in [-0.4, -0.2) is 85.6 Å². The molecule has 0 spiro atoms. The SMILES string of the molecule is CCC1CC(OCOCCOCOC2(C(F)(F)F)CC(CC)C(F)(C(F)(F)F)C2(F)F)(C(F)(F)F)C(F)(F)C1(F)C(C)(F)F. The smallest absolute Gasteiger partial charge is 0.353 e. The molecular weight excluding hydrogens is 663 g/mol. The van der Waals surface area contributed by atoms with Crippen molar-refractivity contribution in [3.63, 3.8) is 0 Å². The zero-order valence-electron chi connectivity index (χ0n) is 22.9. The maximum Gasteiger partial charge on any atom is 0.428 e. The lowest BCUT2D eigenvalue weighted by Gasteiger charge is -2.41. The van der Waals surface area contributed by atoms with Gasteiger partial charge in [0.05, 0.1) is 13.2 Å². The summed E-state index contributed by atoms with van der Waals surface area (Å²) >= 11 is 0. The van der Waals surface area contributed by atoms with Gasteiger partial charge in [0.2, 0.25) is 16.9 Å². The third kappa shape index (κ3) is 5.32. The fourth-order valence-electron chi connectivity index (χ4n) is 5.80. The Morgan fingerprint density at radius 2 is 0.864 bits per heavy atom. The Kier molecular flexibility index (Phi) is 10.3. The van der Waals surface area contributed by atoms with Crippen molar-refractivity contribution in [2.24, 2.45) is 11.8 Å². The van der Waals surface area contributed by atoms with Crippen molar-refractivity contribution >= 4 is 0 Å². The average Bonchev–Trinajstić information content (AvgIpc) is 3.15. The molecule has 6 atom stereocenters. The van der Waals surface area contributed by atoms with Gasteiger partial charge in [-0.25, -0.2) is 17.6 Å². The van der Waals surface area contributed by atoms with E-state index in [0.29, 0.717) is 0 Å². The molecule has 4 nitrogen and oxygen atoms in total. The number of alkyl halides is 17. The van der Waals surface area contributed by atoms with E-state index in [2.05, 4.69) is 18.9 Å². The molecule has 0 radical (unpaired) electrons. The molecule has 2 saturated carbocycles. The van der Waals surface area contributed by atoms with Crippen molar-refractivity contribution < 1.29 is 93.6 Å². The third-order valence-electron chi connectivity index (χ3n) is 8.22. The molecule has 0 bridgehead atoms. The van der Waals surface area contributed by atoms with Crippen LogP contribution >= 0.6 is 0 Å². The van der Waals surface area contributed by atoms with Gasteiger partial charge in [0.1, 0.15) is 13.6 Å². The van der Waals surface area contributed by atoms with Crippen LogP contribution in [0.2, 0.25) is 0 Å². The van der Waals surface area contributed by atoms with Gasteiger partial charge in [0, 0.05) is 18.8 Å². The Hall–Kier alpha value is -1.35. The van der Waals surface area contributed by atoms with Gasteiger partial charge >= 0.3 is 30.4 Å². The van der Waals surface area contributed by atoms with Crippen LogP contribution in [0, 0.1) is 11.8 Å². The number of hydrogen-bond acceptors (Lipinski definition) is 4. The van der Waals surface area contributed by atoms with E-state index in [9.17, 15) is 70.2 Å². The van der Waals surface area contributed by atoms with Crippen LogP contribution in [0.5, 0.6) is 0 Å². The van der Waals surface area contributed by atoms with Gasteiger partial charge in [-0.05, 0) is 25.7 Å². The van der Waals surface area contributed by atoms with E-state index in [1.165, 1.54) is 0 Å². The highest BCUT2D eigenvalue weighted by Gasteiger charge is 2.91. The lowest BCUT2D eigenvalue weighted by atomic mass is 9.83. The number of rotatable bonds is 12. The minimum absolute atomic E-state index is 0.338. The van der Waals surface area contributed by atoms with E-state index >= 15 is 4.39 Å². The summed E-state index contributed by atoms with van der Waals surface area (Å²) in [6.07, 6.45) is -25.0. The van der Waals surface area contributed by atoms with E-state index in [4.69, 9.17) is 0 Å². The van der Waals surface area contributed by atoms with E-state index in [1.807, 2.05) is 0 Å². The van der Waals surface area contributed by atoms with Crippen LogP contribution in [-0.2, 0) is 18.9 Å². The molecule has 0 aliphatic heterocycles. The zero-order chi connectivity index (χ0) is 34.6. The van der Waals surface area contributed by atoms with Crippen LogP contribution in [0.3, 0.4) is 0 Å². The van der Waals surface area contributed by atoms with E-state index in [-0.39, 0.29) is 6.92 Å². The second kappa shape index (κ2) is 11.7. The second-order valence-electron chi connectivity index (χ2n) is 10.6. The summed E-state index contributed by atoms with van der Waals surface area (Å²) < 4.78 is 256. The molecule has 2 aliphatic rings. The highest BCUT2D eigenvalue weighted by atomic mass is 19.4. The van der Waals surface area contributed by atoms with Crippen molar-refractivity contribution in [2.45, 2.75) is 105 Å². The molecule has 0 heterocycles. The predicted molar refractivity (Wildman–Crippen MR) is 112 cm³/mol. The van der Waals surface area contributed by atoms with Gasteiger partial charge in [-0.1, -0.05) is 13.8 Å². The Morgan fingerprint density at radius 1 is 0.545 bits per heavy atom. The van der Waals surface area contributed by atoms with Crippen LogP contribution < -0.4 is 0 Å². The predicted octanol–water partition coefficient (Wildman–Crippen LogP) is 8.33. The Labute approximate surface area is 238 Å². The average molecular weight is 690 g/mol. The lowest BCUT2D eigenvalue weighted by molar-refractivity contribution is -0.390. The topological polar surface area (TPSA) is 36.9 Å². The van der Waals surface area contributed by atoms with E-state index in [1.54, 1.807) is 0 Å². The Bertz CT molecular complexity index is 915. The Balaban J connectivity index is 2.10.